The molecule has 0 saturated carbocycles. The van der Waals surface area contributed by atoms with Crippen molar-refractivity contribution in [1.29, 1.82) is 0 Å². The van der Waals surface area contributed by atoms with Crippen LogP contribution in [0.4, 0.5) is 0 Å². The lowest BCUT2D eigenvalue weighted by Gasteiger charge is -2.51. The van der Waals surface area contributed by atoms with Gasteiger partial charge in [0.15, 0.2) is 25.2 Å². The van der Waals surface area contributed by atoms with E-state index < -0.39 is 173 Å². The van der Waals surface area contributed by atoms with Gasteiger partial charge in [0.1, 0.15) is 97.4 Å². The summed E-state index contributed by atoms with van der Waals surface area (Å²) in [5.74, 6) is -2.74. The van der Waals surface area contributed by atoms with Gasteiger partial charge in [0.05, 0.1) is 33.0 Å². The van der Waals surface area contributed by atoms with Crippen molar-refractivity contribution in [3.05, 3.63) is 12.7 Å². The van der Waals surface area contributed by atoms with E-state index in [-0.39, 0.29) is 6.61 Å². The van der Waals surface area contributed by atoms with E-state index in [1.165, 1.54) is 13.0 Å². The Morgan fingerprint density at radius 1 is 0.483 bits per heavy atom. The Hall–Kier alpha value is -3.06. The third-order valence-electron chi connectivity index (χ3n) is 10.2. The smallest absolute Gasteiger partial charge is 0.217 e. The second-order valence-corrected chi connectivity index (χ2v) is 14.7. The van der Waals surface area contributed by atoms with Crippen LogP contribution in [-0.4, -0.2) is 225 Å². The first-order valence-corrected chi connectivity index (χ1v) is 19.1. The maximum absolute atomic E-state index is 12.5. The van der Waals surface area contributed by atoms with Gasteiger partial charge in [0.2, 0.25) is 23.6 Å². The lowest BCUT2D eigenvalue weighted by atomic mass is 9.93. The summed E-state index contributed by atoms with van der Waals surface area (Å²) in [4.78, 5) is 49.0. The SMILES string of the molecule is C=CCO[C@@H]1O[C@H](CO)[C@@H](O[C@@H]2O[C@H](CO)[C@@H](O[C@@H]3O[C@H](CO)[C@@H](O[C@@H]4O[C@H](CO)[C@@H](O)[C@H](O)[C@H]4NC(C)=O)[C@H](O)[C@H]3NC(C)=O)[C@H](O)[C@H]2NC(C)=O)[C@H](O)[C@H]1NC(C)=O. The largest absolute Gasteiger partial charge is 0.394 e. The first-order chi connectivity index (χ1) is 28.4. The molecule has 0 bridgehead atoms. The van der Waals surface area contributed by atoms with Crippen LogP contribution in [0.25, 0.3) is 0 Å². The van der Waals surface area contributed by atoms with Crippen molar-refractivity contribution >= 4 is 23.6 Å². The zero-order valence-corrected chi connectivity index (χ0v) is 33.3. The molecule has 20 atom stereocenters. The Balaban J connectivity index is 1.61. The van der Waals surface area contributed by atoms with Crippen LogP contribution in [0, 0.1) is 0 Å². The molecule has 0 aliphatic carbocycles. The third-order valence-corrected chi connectivity index (χ3v) is 10.2. The van der Waals surface area contributed by atoms with Crippen molar-refractivity contribution in [2.24, 2.45) is 0 Å². The molecule has 4 heterocycles. The number of carbonyl (C=O) groups excluding carboxylic acids is 4. The topological polar surface area (TPSA) is 372 Å². The average molecular weight is 871 g/mol. The van der Waals surface area contributed by atoms with Gasteiger partial charge in [-0.25, -0.2) is 0 Å². The van der Waals surface area contributed by atoms with Crippen LogP contribution in [0.3, 0.4) is 0 Å². The van der Waals surface area contributed by atoms with E-state index in [1.54, 1.807) is 0 Å². The fourth-order valence-corrected chi connectivity index (χ4v) is 7.46. The molecule has 13 N–H and O–H groups in total. The van der Waals surface area contributed by atoms with Crippen LogP contribution >= 0.6 is 0 Å². The van der Waals surface area contributed by atoms with Gasteiger partial charge < -0.3 is 105 Å². The molecule has 4 fully saturated rings. The van der Waals surface area contributed by atoms with Crippen LogP contribution in [0.1, 0.15) is 27.7 Å². The number of carbonyl (C=O) groups is 4. The molecule has 0 spiro atoms. The first kappa shape index (κ1) is 49.6. The molecule has 4 saturated heterocycles. The Bertz CT molecular complexity index is 1450. The molecule has 4 aliphatic heterocycles. The lowest BCUT2D eigenvalue weighted by molar-refractivity contribution is -0.362. The van der Waals surface area contributed by atoms with Gasteiger partial charge in [0.25, 0.3) is 0 Å². The van der Waals surface area contributed by atoms with Crippen molar-refractivity contribution in [2.45, 2.75) is 150 Å². The summed E-state index contributed by atoms with van der Waals surface area (Å²) in [5.41, 5.74) is 0. The second kappa shape index (κ2) is 22.3. The summed E-state index contributed by atoms with van der Waals surface area (Å²) in [7, 11) is 0. The molecule has 60 heavy (non-hydrogen) atoms. The molecule has 4 amide bonds. The average Bonchev–Trinajstić information content (AvgIpc) is 3.19. The highest BCUT2D eigenvalue weighted by Gasteiger charge is 2.56. The Labute approximate surface area is 343 Å². The van der Waals surface area contributed by atoms with Gasteiger partial charge in [-0.2, -0.15) is 0 Å². The second-order valence-electron chi connectivity index (χ2n) is 14.7. The highest BCUT2D eigenvalue weighted by molar-refractivity contribution is 5.74. The number of nitrogens with one attached hydrogen (secondary N) is 4. The predicted molar refractivity (Wildman–Crippen MR) is 194 cm³/mol. The van der Waals surface area contributed by atoms with Gasteiger partial charge in [-0.05, 0) is 0 Å². The summed E-state index contributed by atoms with van der Waals surface area (Å²) in [6, 6.07) is -5.93. The van der Waals surface area contributed by atoms with Gasteiger partial charge in [-0.3, -0.25) is 19.2 Å². The molecule has 0 aromatic heterocycles. The van der Waals surface area contributed by atoms with Gasteiger partial charge in [-0.15, -0.1) is 6.58 Å². The maximum atomic E-state index is 12.5. The van der Waals surface area contributed by atoms with Crippen LogP contribution in [0.2, 0.25) is 0 Å². The number of hydrogen-bond donors (Lipinski definition) is 13. The van der Waals surface area contributed by atoms with E-state index in [9.17, 15) is 65.1 Å². The van der Waals surface area contributed by atoms with E-state index in [4.69, 9.17) is 37.9 Å². The van der Waals surface area contributed by atoms with Crippen LogP contribution in [0.5, 0.6) is 0 Å². The normalized spacial score (nSPS) is 42.1. The lowest BCUT2D eigenvalue weighted by Crippen LogP contribution is -2.71. The Kier molecular flexibility index (Phi) is 18.5. The molecular formula is C35H58N4O21. The molecule has 0 aromatic carbocycles. The quantitative estimate of drug-likeness (QED) is 0.0604. The molecule has 4 aliphatic rings. The molecular weight excluding hydrogens is 812 g/mol. The number of rotatable bonds is 17. The Morgan fingerprint density at radius 2 is 0.767 bits per heavy atom. The minimum atomic E-state index is -1.88. The third kappa shape index (κ3) is 11.7. The van der Waals surface area contributed by atoms with E-state index >= 15 is 0 Å². The number of aliphatic hydroxyl groups is 9. The standard InChI is InChI=1S/C35H58N4O21/c1-6-7-53-32-21(37-13(3)45)26(50)29(17(9-41)55-32)59-34-23(39-15(5)47)28(52)31(19(11-43)57-34)60-35-22(38-14(4)46)27(51)30(18(10-42)56-35)58-33-20(36-12(2)44)25(49)24(48)16(8-40)54-33/h6,16-35,40-43,48-52H,1,7-11H2,2-5H3,(H,36,44)(H,37,45)(H,38,46)(H,39,47)/t16-,17-,18-,19-,20-,21-,22-,23-,24-,25-,26-,27-,28-,29-,30-,31-,32-,33+,34+,35+/m1/s1. The summed E-state index contributed by atoms with van der Waals surface area (Å²) in [5, 5.41) is 107. The summed E-state index contributed by atoms with van der Waals surface area (Å²) in [6.07, 6.45) is -24.7. The monoisotopic (exact) mass is 870 g/mol. The van der Waals surface area contributed by atoms with Crippen molar-refractivity contribution in [3.8, 4) is 0 Å². The van der Waals surface area contributed by atoms with E-state index in [0.29, 0.717) is 0 Å². The van der Waals surface area contributed by atoms with Crippen LogP contribution in [-0.2, 0) is 57.1 Å². The number of ether oxygens (including phenoxy) is 8. The maximum Gasteiger partial charge on any atom is 0.217 e. The fraction of sp³-hybridized carbons (Fsp3) is 0.829. The molecule has 4 rings (SSSR count). The minimum absolute atomic E-state index is 0.0648. The highest BCUT2D eigenvalue weighted by Crippen LogP contribution is 2.34. The molecule has 0 radical (unpaired) electrons. The molecule has 25 nitrogen and oxygen atoms in total. The predicted octanol–water partition coefficient (Wildman–Crippen LogP) is -7.96. The van der Waals surface area contributed by atoms with Crippen molar-refractivity contribution in [3.63, 3.8) is 0 Å². The van der Waals surface area contributed by atoms with Crippen molar-refractivity contribution < 1.29 is 103 Å². The zero-order chi connectivity index (χ0) is 44.6. The molecule has 0 unspecified atom stereocenters. The molecule has 0 aromatic rings. The van der Waals surface area contributed by atoms with Gasteiger partial charge >= 0.3 is 0 Å². The van der Waals surface area contributed by atoms with Gasteiger partial charge in [-0.1, -0.05) is 6.08 Å². The van der Waals surface area contributed by atoms with E-state index in [0.717, 1.165) is 20.8 Å². The van der Waals surface area contributed by atoms with Gasteiger partial charge in [0, 0.05) is 27.7 Å². The zero-order valence-electron chi connectivity index (χ0n) is 33.3. The fourth-order valence-electron chi connectivity index (χ4n) is 7.46. The summed E-state index contributed by atoms with van der Waals surface area (Å²) < 4.78 is 46.9. The van der Waals surface area contributed by atoms with Crippen LogP contribution in [0.15, 0.2) is 12.7 Å². The summed E-state index contributed by atoms with van der Waals surface area (Å²) >= 11 is 0. The number of amides is 4. The van der Waals surface area contributed by atoms with Crippen molar-refractivity contribution in [2.75, 3.05) is 33.0 Å². The van der Waals surface area contributed by atoms with E-state index in [1.807, 2.05) is 0 Å². The van der Waals surface area contributed by atoms with Crippen LogP contribution < -0.4 is 21.3 Å². The van der Waals surface area contributed by atoms with E-state index in [2.05, 4.69) is 27.8 Å². The highest BCUT2D eigenvalue weighted by atomic mass is 16.8. The minimum Gasteiger partial charge on any atom is -0.394 e. The first-order valence-electron chi connectivity index (χ1n) is 19.1. The van der Waals surface area contributed by atoms with Crippen molar-refractivity contribution in [1.82, 2.24) is 21.3 Å². The number of hydrogen-bond acceptors (Lipinski definition) is 21. The summed E-state index contributed by atoms with van der Waals surface area (Å²) in [6.45, 7) is 4.55. The molecule has 344 valence electrons. The number of aliphatic hydroxyl groups excluding tert-OH is 9. The Morgan fingerprint density at radius 3 is 1.07 bits per heavy atom. The molecule has 25 heteroatoms.